The van der Waals surface area contributed by atoms with Crippen LogP contribution >= 0.6 is 0 Å². The Labute approximate surface area is 204 Å². The summed E-state index contributed by atoms with van der Waals surface area (Å²) in [6.07, 6.45) is 8.20. The van der Waals surface area contributed by atoms with Crippen molar-refractivity contribution in [3.8, 4) is 16.9 Å². The molecule has 180 valence electrons. The lowest BCUT2D eigenvalue weighted by Crippen LogP contribution is -2.47. The summed E-state index contributed by atoms with van der Waals surface area (Å²) in [7, 11) is 0. The zero-order valence-corrected chi connectivity index (χ0v) is 19.7. The summed E-state index contributed by atoms with van der Waals surface area (Å²) < 4.78 is 7.70. The minimum atomic E-state index is 0.208. The lowest BCUT2D eigenvalue weighted by molar-refractivity contribution is 0.188. The number of β-amino-alcohol motifs (C(OH)–C–C–N with tert-alkyl or cyclic N) is 1. The molecular weight excluding hydrogens is 442 g/mol. The van der Waals surface area contributed by atoms with Crippen molar-refractivity contribution in [1.29, 1.82) is 0 Å². The van der Waals surface area contributed by atoms with E-state index >= 15 is 0 Å². The summed E-state index contributed by atoms with van der Waals surface area (Å²) in [5.74, 6) is 2.93. The van der Waals surface area contributed by atoms with Gasteiger partial charge in [0.25, 0.3) is 0 Å². The molecule has 1 aromatic carbocycles. The maximum absolute atomic E-state index is 9.14. The van der Waals surface area contributed by atoms with Crippen molar-refractivity contribution in [3.05, 3.63) is 66.0 Å². The lowest BCUT2D eigenvalue weighted by Gasteiger charge is -2.35. The van der Waals surface area contributed by atoms with Gasteiger partial charge in [-0.1, -0.05) is 12.1 Å². The van der Waals surface area contributed by atoms with E-state index in [2.05, 4.69) is 44.3 Å². The molecule has 2 aliphatic rings. The number of benzene rings is 1. The number of aliphatic hydroxyl groups is 1. The van der Waals surface area contributed by atoms with E-state index in [0.29, 0.717) is 0 Å². The highest BCUT2D eigenvalue weighted by Gasteiger charge is 2.19. The standard InChI is InChI=1S/C26H29N7O2/c34-14-13-31-9-11-32(12-10-31)24-6-5-20(16-27-24)22-17-28-25(33-18-29-30-26(22)33)7-4-19-2-1-3-23-21(19)8-15-35-23/h1-3,5-6,16-18,34H,4,7-15H2. The summed E-state index contributed by atoms with van der Waals surface area (Å²) in [6, 6.07) is 10.4. The highest BCUT2D eigenvalue weighted by molar-refractivity contribution is 5.76. The fraction of sp³-hybridized carbons (Fsp3) is 0.385. The van der Waals surface area contributed by atoms with Crippen LogP contribution in [-0.2, 0) is 19.3 Å². The first-order chi connectivity index (χ1) is 17.3. The van der Waals surface area contributed by atoms with Gasteiger partial charge >= 0.3 is 0 Å². The normalized spacial score (nSPS) is 16.0. The number of fused-ring (bicyclic) bond motifs is 2. The van der Waals surface area contributed by atoms with Crippen molar-refractivity contribution >= 4 is 11.5 Å². The Kier molecular flexibility index (Phi) is 6.01. The zero-order valence-electron chi connectivity index (χ0n) is 19.7. The van der Waals surface area contributed by atoms with E-state index < -0.39 is 0 Å². The monoisotopic (exact) mass is 471 g/mol. The van der Waals surface area contributed by atoms with Gasteiger partial charge in [0, 0.05) is 74.6 Å². The molecular formula is C26H29N7O2. The zero-order chi connectivity index (χ0) is 23.6. The number of hydrogen-bond acceptors (Lipinski definition) is 8. The van der Waals surface area contributed by atoms with Crippen LogP contribution in [0.5, 0.6) is 5.75 Å². The minimum absolute atomic E-state index is 0.208. The van der Waals surface area contributed by atoms with Crippen LogP contribution in [0.4, 0.5) is 5.82 Å². The van der Waals surface area contributed by atoms with Gasteiger partial charge in [0.05, 0.1) is 13.2 Å². The Morgan fingerprint density at radius 2 is 1.89 bits per heavy atom. The quantitative estimate of drug-likeness (QED) is 0.438. The van der Waals surface area contributed by atoms with E-state index in [0.717, 1.165) is 92.8 Å². The number of aryl methyl sites for hydroxylation is 2. The largest absolute Gasteiger partial charge is 0.493 e. The smallest absolute Gasteiger partial charge is 0.171 e. The molecule has 0 bridgehead atoms. The summed E-state index contributed by atoms with van der Waals surface area (Å²) >= 11 is 0. The first-order valence-electron chi connectivity index (χ1n) is 12.3. The summed E-state index contributed by atoms with van der Waals surface area (Å²) in [5, 5.41) is 17.7. The Morgan fingerprint density at radius 3 is 2.71 bits per heavy atom. The molecule has 9 heteroatoms. The Bertz CT molecular complexity index is 1310. The van der Waals surface area contributed by atoms with E-state index in [1.807, 2.05) is 22.9 Å². The molecule has 0 unspecified atom stereocenters. The van der Waals surface area contributed by atoms with Gasteiger partial charge in [0.15, 0.2) is 5.65 Å². The van der Waals surface area contributed by atoms with Gasteiger partial charge in [-0.15, -0.1) is 10.2 Å². The molecule has 1 saturated heterocycles. The third-order valence-electron chi connectivity index (χ3n) is 7.04. The third kappa shape index (κ3) is 4.33. The first-order valence-corrected chi connectivity index (χ1v) is 12.3. The third-order valence-corrected chi connectivity index (χ3v) is 7.04. The maximum atomic E-state index is 9.14. The molecule has 3 aromatic heterocycles. The highest BCUT2D eigenvalue weighted by atomic mass is 16.5. The average Bonchev–Trinajstić information content (AvgIpc) is 3.59. The fourth-order valence-corrected chi connectivity index (χ4v) is 5.10. The molecule has 6 rings (SSSR count). The number of aliphatic hydroxyl groups excluding tert-OH is 1. The minimum Gasteiger partial charge on any atom is -0.493 e. The summed E-state index contributed by atoms with van der Waals surface area (Å²) in [4.78, 5) is 14.1. The van der Waals surface area contributed by atoms with Crippen molar-refractivity contribution in [2.45, 2.75) is 19.3 Å². The van der Waals surface area contributed by atoms with Gasteiger partial charge in [0.2, 0.25) is 0 Å². The number of aromatic nitrogens is 5. The van der Waals surface area contributed by atoms with Gasteiger partial charge in [-0.05, 0) is 30.2 Å². The van der Waals surface area contributed by atoms with E-state index in [-0.39, 0.29) is 6.61 Å². The summed E-state index contributed by atoms with van der Waals surface area (Å²) in [6.45, 7) is 5.41. The molecule has 5 heterocycles. The number of anilines is 1. The van der Waals surface area contributed by atoms with Gasteiger partial charge in [-0.3, -0.25) is 9.30 Å². The number of hydrogen-bond donors (Lipinski definition) is 1. The van der Waals surface area contributed by atoms with E-state index in [9.17, 15) is 0 Å². The SMILES string of the molecule is OCCN1CCN(c2ccc(-c3cnc(CCc4cccc5c4CCO5)n4cnnc34)cn2)CC1. The van der Waals surface area contributed by atoms with Crippen LogP contribution in [0.15, 0.2) is 49.1 Å². The number of rotatable bonds is 7. The molecule has 0 radical (unpaired) electrons. The number of ether oxygens (including phenoxy) is 1. The number of piperazine rings is 1. The van der Waals surface area contributed by atoms with Crippen molar-refractivity contribution in [2.24, 2.45) is 0 Å². The second-order valence-corrected chi connectivity index (χ2v) is 9.06. The van der Waals surface area contributed by atoms with Crippen molar-refractivity contribution < 1.29 is 9.84 Å². The fourth-order valence-electron chi connectivity index (χ4n) is 5.10. The summed E-state index contributed by atoms with van der Waals surface area (Å²) in [5.41, 5.74) is 5.34. The Balaban J connectivity index is 1.19. The molecule has 9 nitrogen and oxygen atoms in total. The van der Waals surface area contributed by atoms with Gasteiger partial charge in [-0.2, -0.15) is 0 Å². The predicted octanol–water partition coefficient (Wildman–Crippen LogP) is 2.02. The van der Waals surface area contributed by atoms with E-state index in [4.69, 9.17) is 19.8 Å². The van der Waals surface area contributed by atoms with Crippen LogP contribution in [-0.4, -0.2) is 80.5 Å². The molecule has 0 aliphatic carbocycles. The predicted molar refractivity (Wildman–Crippen MR) is 133 cm³/mol. The number of nitrogens with zero attached hydrogens (tertiary/aromatic N) is 7. The average molecular weight is 472 g/mol. The van der Waals surface area contributed by atoms with E-state index in [1.165, 1.54) is 11.1 Å². The molecule has 35 heavy (non-hydrogen) atoms. The highest BCUT2D eigenvalue weighted by Crippen LogP contribution is 2.29. The molecule has 4 aromatic rings. The van der Waals surface area contributed by atoms with Crippen LogP contribution in [0.2, 0.25) is 0 Å². The van der Waals surface area contributed by atoms with Crippen LogP contribution < -0.4 is 9.64 Å². The van der Waals surface area contributed by atoms with Crippen molar-refractivity contribution in [1.82, 2.24) is 29.5 Å². The molecule has 0 spiro atoms. The van der Waals surface area contributed by atoms with Crippen molar-refractivity contribution in [3.63, 3.8) is 0 Å². The molecule has 1 N–H and O–H groups in total. The van der Waals surface area contributed by atoms with Gasteiger partial charge < -0.3 is 14.7 Å². The molecule has 2 aliphatic heterocycles. The van der Waals surface area contributed by atoms with Crippen LogP contribution in [0.1, 0.15) is 17.0 Å². The van der Waals surface area contributed by atoms with Crippen LogP contribution in [0, 0.1) is 0 Å². The van der Waals surface area contributed by atoms with Gasteiger partial charge in [-0.25, -0.2) is 9.97 Å². The second-order valence-electron chi connectivity index (χ2n) is 9.06. The molecule has 0 atom stereocenters. The number of pyridine rings is 1. The second kappa shape index (κ2) is 9.59. The van der Waals surface area contributed by atoms with Crippen molar-refractivity contribution in [2.75, 3.05) is 50.8 Å². The lowest BCUT2D eigenvalue weighted by atomic mass is 10.0. The Hall–Kier alpha value is -3.56. The first kappa shape index (κ1) is 21.9. The molecule has 0 saturated carbocycles. The molecule has 1 fully saturated rings. The molecule has 0 amide bonds. The van der Waals surface area contributed by atoms with Crippen LogP contribution in [0.3, 0.4) is 0 Å². The van der Waals surface area contributed by atoms with E-state index in [1.54, 1.807) is 6.33 Å². The maximum Gasteiger partial charge on any atom is 0.171 e. The Morgan fingerprint density at radius 1 is 0.971 bits per heavy atom. The topological polar surface area (TPSA) is 91.9 Å². The van der Waals surface area contributed by atoms with Gasteiger partial charge in [0.1, 0.15) is 23.7 Å². The van der Waals surface area contributed by atoms with Crippen LogP contribution in [0.25, 0.3) is 16.8 Å².